The molecule has 2 rings (SSSR count). The van der Waals surface area contributed by atoms with Crippen LogP contribution in [0.15, 0.2) is 42.5 Å². The summed E-state index contributed by atoms with van der Waals surface area (Å²) in [5, 5.41) is 4.22. The first-order valence-corrected chi connectivity index (χ1v) is 7.25. The highest BCUT2D eigenvalue weighted by atomic mass is 35.5. The third-order valence-corrected chi connectivity index (χ3v) is 3.70. The molecule has 0 saturated carbocycles. The zero-order valence-corrected chi connectivity index (χ0v) is 12.5. The van der Waals surface area contributed by atoms with E-state index in [2.05, 4.69) is 12.2 Å². The Kier molecular flexibility index (Phi) is 5.16. The van der Waals surface area contributed by atoms with Crippen molar-refractivity contribution in [2.75, 3.05) is 6.54 Å². The van der Waals surface area contributed by atoms with Gasteiger partial charge >= 0.3 is 0 Å². The molecule has 0 spiro atoms. The van der Waals surface area contributed by atoms with E-state index in [1.165, 1.54) is 6.07 Å². The Hall–Kier alpha value is -1.38. The summed E-state index contributed by atoms with van der Waals surface area (Å²) in [7, 11) is 0. The smallest absolute Gasteiger partial charge is 0.123 e. The number of aryl methyl sites for hydroxylation is 1. The summed E-state index contributed by atoms with van der Waals surface area (Å²) in [6.07, 6.45) is 1.03. The molecule has 1 nitrogen and oxygen atoms in total. The molecule has 0 saturated heterocycles. The van der Waals surface area contributed by atoms with E-state index in [1.54, 1.807) is 6.07 Å². The van der Waals surface area contributed by atoms with Gasteiger partial charge in [-0.25, -0.2) is 4.39 Å². The summed E-state index contributed by atoms with van der Waals surface area (Å²) >= 11 is 6.32. The minimum Gasteiger partial charge on any atom is -0.306 e. The molecule has 2 aromatic carbocycles. The average Bonchev–Trinajstić information content (AvgIpc) is 2.42. The van der Waals surface area contributed by atoms with E-state index < -0.39 is 0 Å². The van der Waals surface area contributed by atoms with Gasteiger partial charge in [-0.15, -0.1) is 0 Å². The normalized spacial score (nSPS) is 12.4. The van der Waals surface area contributed by atoms with Gasteiger partial charge in [-0.1, -0.05) is 42.8 Å². The number of halogens is 2. The summed E-state index contributed by atoms with van der Waals surface area (Å²) in [6, 6.07) is 12.7. The Morgan fingerprint density at radius 3 is 2.55 bits per heavy atom. The van der Waals surface area contributed by atoms with Crippen LogP contribution < -0.4 is 5.32 Å². The van der Waals surface area contributed by atoms with Crippen LogP contribution in [0, 0.1) is 12.7 Å². The topological polar surface area (TPSA) is 12.0 Å². The first-order chi connectivity index (χ1) is 9.63. The van der Waals surface area contributed by atoms with Crippen LogP contribution in [0.4, 0.5) is 4.39 Å². The van der Waals surface area contributed by atoms with Crippen LogP contribution in [0.2, 0.25) is 5.02 Å². The monoisotopic (exact) mass is 291 g/mol. The van der Waals surface area contributed by atoms with Crippen molar-refractivity contribution in [2.45, 2.75) is 26.3 Å². The molecule has 0 aliphatic heterocycles. The first-order valence-electron chi connectivity index (χ1n) is 6.87. The molecule has 0 heterocycles. The minimum atomic E-state index is -0.209. The lowest BCUT2D eigenvalue weighted by Gasteiger charge is -2.22. The van der Waals surface area contributed by atoms with Gasteiger partial charge in [0, 0.05) is 5.02 Å². The molecule has 3 heteroatoms. The van der Waals surface area contributed by atoms with Crippen LogP contribution in [-0.4, -0.2) is 6.54 Å². The molecule has 106 valence electrons. The molecular formula is C17H19ClFN. The third kappa shape index (κ3) is 3.38. The summed E-state index contributed by atoms with van der Waals surface area (Å²) < 4.78 is 13.3. The molecule has 1 atom stereocenters. The molecule has 0 amide bonds. The molecule has 0 aliphatic carbocycles. The number of hydrogen-bond acceptors (Lipinski definition) is 1. The van der Waals surface area contributed by atoms with E-state index in [4.69, 9.17) is 11.6 Å². The maximum Gasteiger partial charge on any atom is 0.123 e. The van der Waals surface area contributed by atoms with Gasteiger partial charge in [0.15, 0.2) is 0 Å². The molecule has 0 fully saturated rings. The Labute approximate surface area is 124 Å². The number of nitrogens with one attached hydrogen (secondary N) is 1. The van der Waals surface area contributed by atoms with Crippen LogP contribution in [0.3, 0.4) is 0 Å². The zero-order chi connectivity index (χ0) is 14.5. The van der Waals surface area contributed by atoms with Gasteiger partial charge < -0.3 is 5.32 Å². The number of benzene rings is 2. The highest BCUT2D eigenvalue weighted by molar-refractivity contribution is 6.31. The van der Waals surface area contributed by atoms with Crippen LogP contribution in [-0.2, 0) is 0 Å². The fourth-order valence-corrected chi connectivity index (χ4v) is 2.59. The molecule has 1 unspecified atom stereocenters. The van der Waals surface area contributed by atoms with E-state index in [-0.39, 0.29) is 11.9 Å². The molecule has 20 heavy (non-hydrogen) atoms. The lowest BCUT2D eigenvalue weighted by molar-refractivity contribution is 0.590. The second-order valence-electron chi connectivity index (χ2n) is 4.91. The van der Waals surface area contributed by atoms with E-state index in [0.29, 0.717) is 0 Å². The maximum absolute atomic E-state index is 13.3. The van der Waals surface area contributed by atoms with Crippen LogP contribution >= 0.6 is 11.6 Å². The van der Waals surface area contributed by atoms with Crippen molar-refractivity contribution in [1.82, 2.24) is 5.32 Å². The molecule has 0 radical (unpaired) electrons. The van der Waals surface area contributed by atoms with Crippen molar-refractivity contribution >= 4 is 11.6 Å². The molecule has 0 bridgehead atoms. The predicted molar refractivity (Wildman–Crippen MR) is 82.7 cm³/mol. The summed E-state index contributed by atoms with van der Waals surface area (Å²) in [4.78, 5) is 0. The van der Waals surface area contributed by atoms with Crippen molar-refractivity contribution in [2.24, 2.45) is 0 Å². The van der Waals surface area contributed by atoms with Gasteiger partial charge in [-0.2, -0.15) is 0 Å². The lowest BCUT2D eigenvalue weighted by Crippen LogP contribution is -2.24. The first kappa shape index (κ1) is 15.0. The van der Waals surface area contributed by atoms with Crippen LogP contribution in [0.1, 0.15) is 36.1 Å². The third-order valence-electron chi connectivity index (χ3n) is 3.36. The van der Waals surface area contributed by atoms with E-state index in [9.17, 15) is 4.39 Å². The van der Waals surface area contributed by atoms with E-state index in [1.807, 2.05) is 37.3 Å². The number of hydrogen-bond donors (Lipinski definition) is 1. The SMILES string of the molecule is CCCNC(c1ccc(F)cc1C)c1ccccc1Cl. The average molecular weight is 292 g/mol. The minimum absolute atomic E-state index is 0.00995. The Balaban J connectivity index is 2.44. The van der Waals surface area contributed by atoms with E-state index >= 15 is 0 Å². The highest BCUT2D eigenvalue weighted by Crippen LogP contribution is 2.30. The zero-order valence-electron chi connectivity index (χ0n) is 11.8. The van der Waals surface area contributed by atoms with Crippen LogP contribution in [0.5, 0.6) is 0 Å². The van der Waals surface area contributed by atoms with Crippen molar-refractivity contribution in [3.8, 4) is 0 Å². The second kappa shape index (κ2) is 6.87. The summed E-state index contributed by atoms with van der Waals surface area (Å²) in [5.41, 5.74) is 3.02. The Morgan fingerprint density at radius 1 is 1.15 bits per heavy atom. The highest BCUT2D eigenvalue weighted by Gasteiger charge is 2.18. The fraction of sp³-hybridized carbons (Fsp3) is 0.294. The van der Waals surface area contributed by atoms with Gasteiger partial charge in [0.1, 0.15) is 5.82 Å². The fourth-order valence-electron chi connectivity index (χ4n) is 2.35. The van der Waals surface area contributed by atoms with Gasteiger partial charge in [0.2, 0.25) is 0 Å². The second-order valence-corrected chi connectivity index (χ2v) is 5.32. The standard InChI is InChI=1S/C17H19ClFN/c1-3-10-20-17(15-6-4-5-7-16(15)18)14-9-8-13(19)11-12(14)2/h4-9,11,17,20H,3,10H2,1-2H3. The summed E-state index contributed by atoms with van der Waals surface area (Å²) in [6.45, 7) is 4.93. The van der Waals surface area contributed by atoms with Crippen molar-refractivity contribution in [3.63, 3.8) is 0 Å². The van der Waals surface area contributed by atoms with Gasteiger partial charge in [-0.05, 0) is 54.8 Å². The van der Waals surface area contributed by atoms with Gasteiger partial charge in [0.05, 0.1) is 6.04 Å². The molecule has 0 aliphatic rings. The van der Waals surface area contributed by atoms with E-state index in [0.717, 1.165) is 34.7 Å². The van der Waals surface area contributed by atoms with Gasteiger partial charge in [0.25, 0.3) is 0 Å². The van der Waals surface area contributed by atoms with Crippen molar-refractivity contribution in [3.05, 3.63) is 70.0 Å². The number of rotatable bonds is 5. The van der Waals surface area contributed by atoms with Crippen molar-refractivity contribution < 1.29 is 4.39 Å². The molecule has 0 aromatic heterocycles. The quantitative estimate of drug-likeness (QED) is 0.828. The lowest BCUT2D eigenvalue weighted by atomic mass is 9.94. The van der Waals surface area contributed by atoms with Gasteiger partial charge in [-0.3, -0.25) is 0 Å². The Morgan fingerprint density at radius 2 is 1.90 bits per heavy atom. The Bertz CT molecular complexity index is 583. The molecule has 1 N–H and O–H groups in total. The predicted octanol–water partition coefficient (Wildman–Crippen LogP) is 4.88. The summed E-state index contributed by atoms with van der Waals surface area (Å²) in [5.74, 6) is -0.209. The van der Waals surface area contributed by atoms with Crippen LogP contribution in [0.25, 0.3) is 0 Å². The maximum atomic E-state index is 13.3. The molecular weight excluding hydrogens is 273 g/mol. The molecule has 2 aromatic rings. The largest absolute Gasteiger partial charge is 0.306 e. The van der Waals surface area contributed by atoms with Crippen molar-refractivity contribution in [1.29, 1.82) is 0 Å².